The Labute approximate surface area is 222 Å². The fraction of sp³-hybridized carbons (Fsp3) is 0.172. The molecule has 0 saturated heterocycles. The molecule has 1 aromatic heterocycles. The van der Waals surface area contributed by atoms with E-state index in [0.717, 1.165) is 50.2 Å². The first kappa shape index (κ1) is 26.8. The van der Waals surface area contributed by atoms with Gasteiger partial charge in [0.15, 0.2) is 0 Å². The molecule has 4 aromatic rings. The lowest BCUT2D eigenvalue weighted by molar-refractivity contribution is -0.119. The van der Waals surface area contributed by atoms with Crippen molar-refractivity contribution in [2.45, 2.75) is 32.6 Å². The molecule has 0 aliphatic heterocycles. The monoisotopic (exact) mass is 532 g/mol. The second kappa shape index (κ2) is 11.0. The Bertz CT molecular complexity index is 1570. The zero-order valence-corrected chi connectivity index (χ0v) is 22.5. The molecular weight excluding hydrogens is 503 g/mol. The molecule has 0 spiro atoms. The smallest absolute Gasteiger partial charge is 0.264 e. The van der Waals surface area contributed by atoms with E-state index >= 15 is 0 Å². The Balaban J connectivity index is 1.56. The van der Waals surface area contributed by atoms with Crippen molar-refractivity contribution < 1.29 is 17.6 Å². The van der Waals surface area contributed by atoms with Crippen LogP contribution in [0.5, 0.6) is 0 Å². The number of hydrazone groups is 1. The topological polar surface area (TPSA) is 83.8 Å². The van der Waals surface area contributed by atoms with Crippen LogP contribution in [0, 0.1) is 33.5 Å². The van der Waals surface area contributed by atoms with Crippen LogP contribution in [0.2, 0.25) is 0 Å². The van der Waals surface area contributed by atoms with Gasteiger partial charge < -0.3 is 4.57 Å². The van der Waals surface area contributed by atoms with E-state index in [1.54, 1.807) is 18.2 Å². The van der Waals surface area contributed by atoms with Gasteiger partial charge in [-0.1, -0.05) is 36.4 Å². The molecule has 0 fully saturated rings. The van der Waals surface area contributed by atoms with Gasteiger partial charge in [0.05, 0.1) is 22.5 Å². The molecule has 7 nitrogen and oxygen atoms in total. The lowest BCUT2D eigenvalue weighted by atomic mass is 10.1. The van der Waals surface area contributed by atoms with Crippen LogP contribution in [0.15, 0.2) is 88.9 Å². The van der Waals surface area contributed by atoms with E-state index in [4.69, 9.17) is 0 Å². The molecule has 0 aliphatic rings. The Morgan fingerprint density at radius 1 is 0.947 bits per heavy atom. The zero-order valence-electron chi connectivity index (χ0n) is 21.6. The summed E-state index contributed by atoms with van der Waals surface area (Å²) in [7, 11) is -4.09. The Morgan fingerprint density at radius 2 is 1.58 bits per heavy atom. The first-order valence-electron chi connectivity index (χ1n) is 12.0. The van der Waals surface area contributed by atoms with Gasteiger partial charge in [0, 0.05) is 17.0 Å². The van der Waals surface area contributed by atoms with Crippen LogP contribution in [-0.4, -0.2) is 31.7 Å². The summed E-state index contributed by atoms with van der Waals surface area (Å²) in [4.78, 5) is 12.8. The number of halogens is 1. The van der Waals surface area contributed by atoms with Gasteiger partial charge in [-0.15, -0.1) is 0 Å². The van der Waals surface area contributed by atoms with Crippen LogP contribution in [0.4, 0.5) is 10.1 Å². The summed E-state index contributed by atoms with van der Waals surface area (Å²) in [5, 5.41) is 4.09. The molecule has 0 aliphatic carbocycles. The fourth-order valence-corrected chi connectivity index (χ4v) is 5.84. The molecular formula is C29H29FN4O3S. The third-order valence-electron chi connectivity index (χ3n) is 6.26. The van der Waals surface area contributed by atoms with Crippen LogP contribution in [0.3, 0.4) is 0 Å². The first-order chi connectivity index (χ1) is 18.1. The number of hydrogen-bond donors (Lipinski definition) is 1. The predicted molar refractivity (Wildman–Crippen MR) is 148 cm³/mol. The Hall–Kier alpha value is -4.24. The largest absolute Gasteiger partial charge is 0.317 e. The van der Waals surface area contributed by atoms with E-state index in [1.165, 1.54) is 30.5 Å². The summed E-state index contributed by atoms with van der Waals surface area (Å²) < 4.78 is 43.3. The van der Waals surface area contributed by atoms with E-state index in [-0.39, 0.29) is 10.6 Å². The summed E-state index contributed by atoms with van der Waals surface area (Å²) >= 11 is 0. The van der Waals surface area contributed by atoms with Crippen molar-refractivity contribution in [3.8, 4) is 5.69 Å². The van der Waals surface area contributed by atoms with Gasteiger partial charge >= 0.3 is 0 Å². The molecule has 38 heavy (non-hydrogen) atoms. The second-order valence-corrected chi connectivity index (χ2v) is 10.9. The SMILES string of the molecule is Cc1cccc(C)c1-n1c(C)cc(/C=N/NC(=O)CN(c2ccc(F)cc2)S(=O)(=O)c2ccccc2)c1C. The van der Waals surface area contributed by atoms with E-state index in [2.05, 4.69) is 41.1 Å². The molecule has 196 valence electrons. The molecule has 9 heteroatoms. The number of anilines is 1. The lowest BCUT2D eigenvalue weighted by Gasteiger charge is -2.23. The maximum absolute atomic E-state index is 13.5. The fourth-order valence-electron chi connectivity index (χ4n) is 4.40. The van der Waals surface area contributed by atoms with Crippen molar-refractivity contribution in [2.24, 2.45) is 5.10 Å². The summed E-state index contributed by atoms with van der Waals surface area (Å²) in [5.41, 5.74) is 8.77. The summed E-state index contributed by atoms with van der Waals surface area (Å²) in [5.74, 6) is -1.16. The van der Waals surface area contributed by atoms with E-state index < -0.39 is 28.3 Å². The molecule has 1 heterocycles. The normalized spacial score (nSPS) is 11.6. The lowest BCUT2D eigenvalue weighted by Crippen LogP contribution is -2.39. The quantitative estimate of drug-likeness (QED) is 0.250. The number of nitrogens with one attached hydrogen (secondary N) is 1. The van der Waals surface area contributed by atoms with Crippen LogP contribution in [-0.2, 0) is 14.8 Å². The maximum Gasteiger partial charge on any atom is 0.264 e. The van der Waals surface area contributed by atoms with E-state index in [0.29, 0.717) is 0 Å². The number of carbonyl (C=O) groups excluding carboxylic acids is 1. The van der Waals surface area contributed by atoms with E-state index in [1.807, 2.05) is 26.0 Å². The molecule has 3 aromatic carbocycles. The number of aromatic nitrogens is 1. The standard InChI is InChI=1S/C29H29FN4O3S/c1-20-9-8-10-21(2)29(20)34-22(3)17-24(23(34)4)18-31-32-28(35)19-33(26-15-13-25(30)14-16-26)38(36,37)27-11-6-5-7-12-27/h5-18H,19H2,1-4H3,(H,32,35)/b31-18+. The minimum atomic E-state index is -4.09. The van der Waals surface area contributed by atoms with Gasteiger partial charge in [0.2, 0.25) is 0 Å². The molecule has 0 unspecified atom stereocenters. The molecule has 0 atom stereocenters. The van der Waals surface area contributed by atoms with Crippen molar-refractivity contribution in [1.29, 1.82) is 0 Å². The predicted octanol–water partition coefficient (Wildman–Crippen LogP) is 5.20. The number of aryl methyl sites for hydroxylation is 3. The van der Waals surface area contributed by atoms with Gasteiger partial charge in [0.25, 0.3) is 15.9 Å². The Morgan fingerprint density at radius 3 is 2.21 bits per heavy atom. The number of sulfonamides is 1. The summed E-state index contributed by atoms with van der Waals surface area (Å²) in [6.45, 7) is 7.56. The second-order valence-electron chi connectivity index (χ2n) is 9.00. The van der Waals surface area contributed by atoms with Gasteiger partial charge in [0.1, 0.15) is 12.4 Å². The van der Waals surface area contributed by atoms with Crippen LogP contribution in [0.25, 0.3) is 5.69 Å². The van der Waals surface area contributed by atoms with Crippen molar-refractivity contribution in [3.05, 3.63) is 113 Å². The minimum absolute atomic E-state index is 0.0135. The van der Waals surface area contributed by atoms with Crippen LogP contribution >= 0.6 is 0 Å². The number of nitrogens with zero attached hydrogens (tertiary/aromatic N) is 3. The summed E-state index contributed by atoms with van der Waals surface area (Å²) in [6, 6.07) is 20.8. The molecule has 0 radical (unpaired) electrons. The highest BCUT2D eigenvalue weighted by molar-refractivity contribution is 7.92. The first-order valence-corrected chi connectivity index (χ1v) is 13.4. The average molecular weight is 533 g/mol. The number of benzene rings is 3. The number of amides is 1. The molecule has 4 rings (SSSR count). The maximum atomic E-state index is 13.5. The number of rotatable bonds is 8. The Kier molecular flexibility index (Phi) is 7.78. The van der Waals surface area contributed by atoms with Crippen molar-refractivity contribution in [3.63, 3.8) is 0 Å². The third kappa shape index (κ3) is 5.52. The molecule has 1 amide bonds. The van der Waals surface area contributed by atoms with Crippen LogP contribution in [0.1, 0.15) is 28.1 Å². The van der Waals surface area contributed by atoms with Crippen molar-refractivity contribution >= 4 is 27.8 Å². The van der Waals surface area contributed by atoms with E-state index in [9.17, 15) is 17.6 Å². The molecule has 0 saturated carbocycles. The summed E-state index contributed by atoms with van der Waals surface area (Å²) in [6.07, 6.45) is 1.54. The van der Waals surface area contributed by atoms with Gasteiger partial charge in [-0.25, -0.2) is 18.2 Å². The van der Waals surface area contributed by atoms with Crippen LogP contribution < -0.4 is 9.73 Å². The molecule has 1 N–H and O–H groups in total. The third-order valence-corrected chi connectivity index (χ3v) is 8.05. The zero-order chi connectivity index (χ0) is 27.4. The van der Waals surface area contributed by atoms with Gasteiger partial charge in [-0.05, 0) is 81.3 Å². The molecule has 0 bridgehead atoms. The highest BCUT2D eigenvalue weighted by Crippen LogP contribution is 2.26. The van der Waals surface area contributed by atoms with Gasteiger partial charge in [-0.2, -0.15) is 5.10 Å². The highest BCUT2D eigenvalue weighted by atomic mass is 32.2. The highest BCUT2D eigenvalue weighted by Gasteiger charge is 2.27. The average Bonchev–Trinajstić information content (AvgIpc) is 3.16. The van der Waals surface area contributed by atoms with Crippen molar-refractivity contribution in [1.82, 2.24) is 9.99 Å². The minimum Gasteiger partial charge on any atom is -0.317 e. The van der Waals surface area contributed by atoms with Crippen molar-refractivity contribution in [2.75, 3.05) is 10.8 Å². The number of hydrogen-bond acceptors (Lipinski definition) is 4. The van der Waals surface area contributed by atoms with Gasteiger partial charge in [-0.3, -0.25) is 9.10 Å². The number of carbonyl (C=O) groups is 1. The number of para-hydroxylation sites is 1.